The number of halogens is 4. The highest BCUT2D eigenvalue weighted by Crippen LogP contribution is 2.31. The molecule has 2 N–H and O–H groups in total. The third kappa shape index (κ3) is 5.94. The summed E-state index contributed by atoms with van der Waals surface area (Å²) >= 11 is 5.92. The first-order valence-electron chi connectivity index (χ1n) is 10.6. The molecule has 0 bridgehead atoms. The average molecular weight is 498 g/mol. The molecule has 1 atom stereocenters. The second kappa shape index (κ2) is 10.1. The van der Waals surface area contributed by atoms with Crippen molar-refractivity contribution in [2.45, 2.75) is 25.2 Å². The molecule has 1 amide bonds. The van der Waals surface area contributed by atoms with Gasteiger partial charge in [0.1, 0.15) is 5.75 Å². The van der Waals surface area contributed by atoms with Crippen molar-refractivity contribution in [3.8, 4) is 22.9 Å². The van der Waals surface area contributed by atoms with Crippen molar-refractivity contribution in [2.24, 2.45) is 0 Å². The summed E-state index contributed by atoms with van der Waals surface area (Å²) in [5.41, 5.74) is 2.66. The average Bonchev–Trinajstić information content (AvgIpc) is 3.22. The number of benzene rings is 3. The van der Waals surface area contributed by atoms with Crippen LogP contribution in [0, 0.1) is 11.3 Å². The van der Waals surface area contributed by atoms with Gasteiger partial charge < -0.3 is 15.0 Å². The van der Waals surface area contributed by atoms with Crippen molar-refractivity contribution >= 4 is 28.4 Å². The molecule has 35 heavy (non-hydrogen) atoms. The van der Waals surface area contributed by atoms with E-state index in [1.165, 1.54) is 12.1 Å². The highest BCUT2D eigenvalue weighted by molar-refractivity contribution is 6.30. The largest absolute Gasteiger partial charge is 0.573 e. The zero-order valence-electron chi connectivity index (χ0n) is 18.2. The number of nitriles is 1. The molecule has 0 spiro atoms. The van der Waals surface area contributed by atoms with Crippen molar-refractivity contribution in [1.82, 2.24) is 10.3 Å². The SMILES string of the molecule is N#CCC(Cc1c[nH]c2ccccc12)NC(=O)c1cc(-c2ccc(Cl)cc2)ccc1OC(F)(F)F. The van der Waals surface area contributed by atoms with Gasteiger partial charge >= 0.3 is 6.36 Å². The predicted molar refractivity (Wildman–Crippen MR) is 127 cm³/mol. The van der Waals surface area contributed by atoms with E-state index in [1.54, 1.807) is 30.5 Å². The number of alkyl halides is 3. The van der Waals surface area contributed by atoms with Crippen molar-refractivity contribution in [1.29, 1.82) is 5.26 Å². The Labute approximate surface area is 204 Å². The summed E-state index contributed by atoms with van der Waals surface area (Å²) in [7, 11) is 0. The maximum atomic E-state index is 13.2. The first-order valence-corrected chi connectivity index (χ1v) is 11.0. The third-order valence-electron chi connectivity index (χ3n) is 5.44. The topological polar surface area (TPSA) is 77.9 Å². The number of nitrogens with one attached hydrogen (secondary N) is 2. The molecule has 0 aliphatic carbocycles. The van der Waals surface area contributed by atoms with Crippen LogP contribution in [0.2, 0.25) is 5.02 Å². The lowest BCUT2D eigenvalue weighted by molar-refractivity contribution is -0.274. The molecule has 0 fully saturated rings. The normalized spacial score (nSPS) is 12.2. The van der Waals surface area contributed by atoms with Crippen molar-refractivity contribution in [3.05, 3.63) is 89.1 Å². The second-order valence-electron chi connectivity index (χ2n) is 7.86. The lowest BCUT2D eigenvalue weighted by Gasteiger charge is -2.19. The second-order valence-corrected chi connectivity index (χ2v) is 8.30. The van der Waals surface area contributed by atoms with Crippen LogP contribution in [0.4, 0.5) is 13.2 Å². The zero-order chi connectivity index (χ0) is 25.0. The zero-order valence-corrected chi connectivity index (χ0v) is 19.0. The monoisotopic (exact) mass is 497 g/mol. The number of carbonyl (C=O) groups is 1. The Morgan fingerprint density at radius 2 is 1.80 bits per heavy atom. The molecule has 5 nitrogen and oxygen atoms in total. The predicted octanol–water partition coefficient (Wildman–Crippen LogP) is 6.64. The molecule has 0 aliphatic heterocycles. The van der Waals surface area contributed by atoms with Gasteiger partial charge in [0.2, 0.25) is 0 Å². The molecule has 0 aliphatic rings. The Morgan fingerprint density at radius 3 is 2.51 bits per heavy atom. The molecule has 4 rings (SSSR count). The molecule has 0 radical (unpaired) electrons. The van der Waals surface area contributed by atoms with E-state index < -0.39 is 24.1 Å². The van der Waals surface area contributed by atoms with Crippen molar-refractivity contribution in [2.75, 3.05) is 0 Å². The van der Waals surface area contributed by atoms with E-state index in [-0.39, 0.29) is 12.0 Å². The molecule has 1 aromatic heterocycles. The Balaban J connectivity index is 1.64. The summed E-state index contributed by atoms with van der Waals surface area (Å²) in [6, 6.07) is 19.5. The first-order chi connectivity index (χ1) is 16.7. The Morgan fingerprint density at radius 1 is 1.09 bits per heavy atom. The maximum Gasteiger partial charge on any atom is 0.573 e. The summed E-state index contributed by atoms with van der Waals surface area (Å²) in [6.07, 6.45) is -2.90. The maximum absolute atomic E-state index is 13.2. The van der Waals surface area contributed by atoms with Gasteiger partial charge in [-0.05, 0) is 53.4 Å². The van der Waals surface area contributed by atoms with Crippen molar-refractivity contribution in [3.63, 3.8) is 0 Å². The number of amides is 1. The van der Waals surface area contributed by atoms with Crippen LogP contribution < -0.4 is 10.1 Å². The van der Waals surface area contributed by atoms with Gasteiger partial charge in [0.05, 0.1) is 18.1 Å². The number of nitrogens with zero attached hydrogens (tertiary/aromatic N) is 1. The van der Waals surface area contributed by atoms with Gasteiger partial charge in [-0.1, -0.05) is 48.0 Å². The number of para-hydroxylation sites is 1. The highest BCUT2D eigenvalue weighted by Gasteiger charge is 2.33. The fraction of sp³-hybridized carbons (Fsp3) is 0.154. The number of aromatic nitrogens is 1. The van der Waals surface area contributed by atoms with Gasteiger partial charge in [-0.3, -0.25) is 4.79 Å². The number of carbonyl (C=O) groups excluding carboxylic acids is 1. The van der Waals surface area contributed by atoms with E-state index in [2.05, 4.69) is 15.0 Å². The van der Waals surface area contributed by atoms with Crippen LogP contribution in [0.1, 0.15) is 22.3 Å². The molecule has 0 saturated heterocycles. The molecule has 4 aromatic rings. The fourth-order valence-corrected chi connectivity index (χ4v) is 3.98. The number of aromatic amines is 1. The number of hydrogen-bond donors (Lipinski definition) is 2. The summed E-state index contributed by atoms with van der Waals surface area (Å²) in [6.45, 7) is 0. The van der Waals surface area contributed by atoms with E-state index in [4.69, 9.17) is 11.6 Å². The van der Waals surface area contributed by atoms with Gasteiger partial charge in [0, 0.05) is 28.2 Å². The van der Waals surface area contributed by atoms with Crippen LogP contribution in [-0.2, 0) is 6.42 Å². The fourth-order valence-electron chi connectivity index (χ4n) is 3.86. The standard InChI is InChI=1S/C26H19ClF3N3O2/c27-19-8-5-16(6-9-19)17-7-10-24(35-26(28,29)30)22(14-17)25(34)33-20(11-12-31)13-18-15-32-23-4-2-1-3-21(18)23/h1-10,14-15,20,32H,11,13H2,(H,33,34). The molecule has 3 aromatic carbocycles. The Hall–Kier alpha value is -3.96. The van der Waals surface area contributed by atoms with Crippen LogP contribution >= 0.6 is 11.6 Å². The smallest absolute Gasteiger partial charge is 0.405 e. The number of rotatable bonds is 7. The van der Waals surface area contributed by atoms with Gasteiger partial charge in [-0.2, -0.15) is 5.26 Å². The molecular formula is C26H19ClF3N3O2. The third-order valence-corrected chi connectivity index (χ3v) is 5.69. The Kier molecular flexibility index (Phi) is 6.99. The van der Waals surface area contributed by atoms with Gasteiger partial charge in [-0.25, -0.2) is 0 Å². The lowest BCUT2D eigenvalue weighted by atomic mass is 10.00. The summed E-state index contributed by atoms with van der Waals surface area (Å²) < 4.78 is 43.2. The van der Waals surface area contributed by atoms with Crippen LogP contribution in [0.5, 0.6) is 5.75 Å². The van der Waals surface area contributed by atoms with Gasteiger partial charge in [-0.15, -0.1) is 13.2 Å². The van der Waals surface area contributed by atoms with E-state index in [0.29, 0.717) is 22.6 Å². The summed E-state index contributed by atoms with van der Waals surface area (Å²) in [5, 5.41) is 13.4. The van der Waals surface area contributed by atoms with Crippen LogP contribution in [-0.4, -0.2) is 23.3 Å². The molecule has 1 heterocycles. The summed E-state index contributed by atoms with van der Waals surface area (Å²) in [4.78, 5) is 16.3. The van der Waals surface area contributed by atoms with Crippen LogP contribution in [0.15, 0.2) is 72.9 Å². The van der Waals surface area contributed by atoms with Crippen LogP contribution in [0.3, 0.4) is 0 Å². The van der Waals surface area contributed by atoms with Crippen molar-refractivity contribution < 1.29 is 22.7 Å². The first kappa shape index (κ1) is 24.2. The van der Waals surface area contributed by atoms with E-state index in [0.717, 1.165) is 22.5 Å². The number of H-pyrrole nitrogens is 1. The lowest BCUT2D eigenvalue weighted by Crippen LogP contribution is -2.36. The molecule has 1 unspecified atom stereocenters. The highest BCUT2D eigenvalue weighted by atomic mass is 35.5. The molecule has 9 heteroatoms. The van der Waals surface area contributed by atoms with Gasteiger partial charge in [0.15, 0.2) is 0 Å². The van der Waals surface area contributed by atoms with E-state index >= 15 is 0 Å². The van der Waals surface area contributed by atoms with Crippen LogP contribution in [0.25, 0.3) is 22.0 Å². The minimum Gasteiger partial charge on any atom is -0.405 e. The molecular weight excluding hydrogens is 479 g/mol. The number of ether oxygens (including phenoxy) is 1. The number of fused-ring (bicyclic) bond motifs is 1. The Bertz CT molecular complexity index is 1390. The van der Waals surface area contributed by atoms with E-state index in [1.807, 2.05) is 30.3 Å². The van der Waals surface area contributed by atoms with Gasteiger partial charge in [0.25, 0.3) is 5.91 Å². The molecule has 0 saturated carbocycles. The quantitative estimate of drug-likeness (QED) is 0.300. The molecule has 178 valence electrons. The number of hydrogen-bond acceptors (Lipinski definition) is 3. The minimum absolute atomic E-state index is 0.0302. The minimum atomic E-state index is -4.98. The summed E-state index contributed by atoms with van der Waals surface area (Å²) in [5.74, 6) is -1.41. The van der Waals surface area contributed by atoms with E-state index in [9.17, 15) is 23.2 Å².